The number of esters is 1. The van der Waals surface area contributed by atoms with E-state index in [1.54, 1.807) is 24.5 Å². The third-order valence-corrected chi connectivity index (χ3v) is 8.45. The van der Waals surface area contributed by atoms with Gasteiger partial charge in [0.25, 0.3) is 5.56 Å². The first-order valence-electron chi connectivity index (χ1n) is 11.3. The highest BCUT2D eigenvalue weighted by Crippen LogP contribution is 2.46. The second kappa shape index (κ2) is 8.17. The van der Waals surface area contributed by atoms with Gasteiger partial charge < -0.3 is 14.0 Å². The number of carbonyl (C=O) groups excluding carboxylic acids is 1. The van der Waals surface area contributed by atoms with Crippen LogP contribution >= 0.6 is 11.6 Å². The number of hydrogen-bond acceptors (Lipinski definition) is 6. The lowest BCUT2D eigenvalue weighted by Gasteiger charge is -2.27. The summed E-state index contributed by atoms with van der Waals surface area (Å²) in [4.78, 5) is 26.0. The highest BCUT2D eigenvalue weighted by atomic mass is 35.5. The van der Waals surface area contributed by atoms with Crippen LogP contribution < -0.4 is 10.3 Å². The SMILES string of the molecule is CC(C)OC(=O)c1cc2c(n(C3CC3)c1=O)-c1cc(Cl)c(OCC3CCC3)cc1S(=O)(=O)C2. The normalized spacial score (nSPS) is 18.9. The molecule has 1 aromatic heterocycles. The Labute approximate surface area is 197 Å². The molecule has 0 radical (unpaired) electrons. The number of rotatable bonds is 6. The number of sulfone groups is 1. The molecule has 0 spiro atoms. The number of ether oxygens (including phenoxy) is 2. The predicted octanol–water partition coefficient (Wildman–Crippen LogP) is 4.54. The Hall–Kier alpha value is -2.32. The average Bonchev–Trinajstić information content (AvgIpc) is 3.51. The number of carbonyl (C=O) groups is 1. The van der Waals surface area contributed by atoms with Crippen LogP contribution in [-0.2, 0) is 20.3 Å². The Bertz CT molecular complexity index is 1310. The highest BCUT2D eigenvalue weighted by molar-refractivity contribution is 7.90. The summed E-state index contributed by atoms with van der Waals surface area (Å²) in [6, 6.07) is 4.35. The minimum atomic E-state index is -3.73. The second-order valence-corrected chi connectivity index (χ2v) is 11.8. The summed E-state index contributed by atoms with van der Waals surface area (Å²) < 4.78 is 39.2. The lowest BCUT2D eigenvalue weighted by molar-refractivity contribution is 0.0375. The molecule has 7 nitrogen and oxygen atoms in total. The van der Waals surface area contributed by atoms with Gasteiger partial charge in [0.15, 0.2) is 9.84 Å². The maximum Gasteiger partial charge on any atom is 0.344 e. The summed E-state index contributed by atoms with van der Waals surface area (Å²) >= 11 is 6.51. The first kappa shape index (κ1) is 22.5. The van der Waals surface area contributed by atoms with Crippen LogP contribution in [0.5, 0.6) is 5.75 Å². The van der Waals surface area contributed by atoms with Gasteiger partial charge in [0.1, 0.15) is 11.3 Å². The van der Waals surface area contributed by atoms with E-state index in [1.165, 1.54) is 18.6 Å². The fraction of sp³-hybridized carbons (Fsp3) is 0.500. The molecule has 3 aliphatic rings. The lowest BCUT2D eigenvalue weighted by atomic mass is 9.86. The first-order valence-corrected chi connectivity index (χ1v) is 13.4. The van der Waals surface area contributed by atoms with Crippen LogP contribution in [0.15, 0.2) is 27.9 Å². The van der Waals surface area contributed by atoms with Gasteiger partial charge in [-0.1, -0.05) is 18.0 Å². The van der Waals surface area contributed by atoms with Crippen molar-refractivity contribution < 1.29 is 22.7 Å². The molecule has 1 aromatic carbocycles. The summed E-state index contributed by atoms with van der Waals surface area (Å²) in [5.74, 6) is -0.244. The number of halogens is 1. The van der Waals surface area contributed by atoms with Crippen molar-refractivity contribution >= 4 is 27.4 Å². The zero-order chi connectivity index (χ0) is 23.5. The van der Waals surface area contributed by atoms with Crippen molar-refractivity contribution in [3.8, 4) is 17.0 Å². The zero-order valence-electron chi connectivity index (χ0n) is 18.6. The number of nitrogens with zero attached hydrogens (tertiary/aromatic N) is 1. The van der Waals surface area contributed by atoms with Gasteiger partial charge in [-0.25, -0.2) is 13.2 Å². The molecule has 1 aliphatic heterocycles. The second-order valence-electron chi connectivity index (χ2n) is 9.44. The molecule has 2 fully saturated rings. The molecule has 5 rings (SSSR count). The van der Waals surface area contributed by atoms with Crippen LogP contribution in [0.3, 0.4) is 0 Å². The highest BCUT2D eigenvalue weighted by Gasteiger charge is 2.38. The monoisotopic (exact) mass is 491 g/mol. The fourth-order valence-corrected chi connectivity index (χ4v) is 6.23. The molecule has 0 atom stereocenters. The third kappa shape index (κ3) is 4.08. The topological polar surface area (TPSA) is 91.7 Å². The summed E-state index contributed by atoms with van der Waals surface area (Å²) in [5, 5.41) is 0.300. The van der Waals surface area contributed by atoms with E-state index in [9.17, 15) is 18.0 Å². The van der Waals surface area contributed by atoms with Crippen molar-refractivity contribution in [2.75, 3.05) is 6.61 Å². The van der Waals surface area contributed by atoms with Gasteiger partial charge in [-0.2, -0.15) is 0 Å². The smallest absolute Gasteiger partial charge is 0.344 e. The Kier molecular flexibility index (Phi) is 5.56. The quantitative estimate of drug-likeness (QED) is 0.551. The lowest BCUT2D eigenvalue weighted by Crippen LogP contribution is -2.32. The maximum absolute atomic E-state index is 13.3. The van der Waals surface area contributed by atoms with E-state index in [2.05, 4.69) is 0 Å². The van der Waals surface area contributed by atoms with Gasteiger partial charge in [-0.15, -0.1) is 0 Å². The third-order valence-electron chi connectivity index (χ3n) is 6.46. The number of benzene rings is 1. The van der Waals surface area contributed by atoms with Crippen LogP contribution in [0, 0.1) is 5.92 Å². The number of fused-ring (bicyclic) bond motifs is 3. The summed E-state index contributed by atoms with van der Waals surface area (Å²) in [5.41, 5.74) is 0.697. The molecular weight excluding hydrogens is 466 g/mol. The molecule has 0 saturated heterocycles. The van der Waals surface area contributed by atoms with E-state index >= 15 is 0 Å². The summed E-state index contributed by atoms with van der Waals surface area (Å²) in [6.45, 7) is 3.90. The van der Waals surface area contributed by atoms with E-state index < -0.39 is 27.5 Å². The molecule has 0 N–H and O–H groups in total. The van der Waals surface area contributed by atoms with Crippen LogP contribution in [0.25, 0.3) is 11.3 Å². The van der Waals surface area contributed by atoms with E-state index in [0.29, 0.717) is 40.1 Å². The fourth-order valence-electron chi connectivity index (χ4n) is 4.45. The van der Waals surface area contributed by atoms with Gasteiger partial charge in [0.2, 0.25) is 0 Å². The molecule has 33 heavy (non-hydrogen) atoms. The van der Waals surface area contributed by atoms with Gasteiger partial charge in [-0.3, -0.25) is 4.79 Å². The van der Waals surface area contributed by atoms with Gasteiger partial charge in [0, 0.05) is 17.7 Å². The van der Waals surface area contributed by atoms with E-state index in [0.717, 1.165) is 25.7 Å². The Morgan fingerprint density at radius 3 is 2.52 bits per heavy atom. The van der Waals surface area contributed by atoms with Crippen molar-refractivity contribution in [3.63, 3.8) is 0 Å². The molecule has 2 heterocycles. The van der Waals surface area contributed by atoms with Crippen LogP contribution in [0.2, 0.25) is 5.02 Å². The van der Waals surface area contributed by atoms with Crippen LogP contribution in [0.1, 0.15) is 67.9 Å². The van der Waals surface area contributed by atoms with Crippen molar-refractivity contribution in [2.24, 2.45) is 5.92 Å². The van der Waals surface area contributed by atoms with Crippen LogP contribution in [-0.4, -0.2) is 31.7 Å². The van der Waals surface area contributed by atoms with Crippen molar-refractivity contribution in [2.45, 2.75) is 68.7 Å². The zero-order valence-corrected chi connectivity index (χ0v) is 20.2. The Morgan fingerprint density at radius 1 is 1.18 bits per heavy atom. The molecular formula is C24H26ClNO6S. The van der Waals surface area contributed by atoms with Crippen molar-refractivity contribution in [1.29, 1.82) is 0 Å². The molecule has 0 unspecified atom stereocenters. The minimum absolute atomic E-state index is 0.0833. The average molecular weight is 492 g/mol. The number of pyridine rings is 1. The molecule has 2 aromatic rings. The van der Waals surface area contributed by atoms with Gasteiger partial charge in [-0.05, 0) is 63.1 Å². The van der Waals surface area contributed by atoms with E-state index in [1.807, 2.05) is 0 Å². The van der Waals surface area contributed by atoms with Crippen molar-refractivity contribution in [3.05, 3.63) is 44.7 Å². The molecule has 0 amide bonds. The van der Waals surface area contributed by atoms with Crippen LogP contribution in [0.4, 0.5) is 0 Å². The minimum Gasteiger partial charge on any atom is -0.492 e. The van der Waals surface area contributed by atoms with Gasteiger partial charge in [0.05, 0.1) is 34.1 Å². The Morgan fingerprint density at radius 2 is 1.91 bits per heavy atom. The first-order chi connectivity index (χ1) is 15.7. The van der Waals surface area contributed by atoms with Crippen molar-refractivity contribution in [1.82, 2.24) is 4.57 Å². The van der Waals surface area contributed by atoms with E-state index in [4.69, 9.17) is 21.1 Å². The summed E-state index contributed by atoms with van der Waals surface area (Å²) in [7, 11) is -3.73. The standard InChI is InChI=1S/C24H26ClNO6S/c1-13(2)32-24(28)18-8-15-12-33(29,30)21-10-20(31-11-14-4-3-5-14)19(25)9-17(21)22(15)26(23(18)27)16-6-7-16/h8-10,13-14,16H,3-7,11-12H2,1-2H3. The molecule has 2 saturated carbocycles. The largest absolute Gasteiger partial charge is 0.492 e. The molecule has 9 heteroatoms. The Balaban J connectivity index is 1.66. The van der Waals surface area contributed by atoms with E-state index in [-0.39, 0.29) is 22.3 Å². The molecule has 176 valence electrons. The molecule has 2 aliphatic carbocycles. The number of hydrogen-bond donors (Lipinski definition) is 0. The number of aromatic nitrogens is 1. The molecule has 0 bridgehead atoms. The predicted molar refractivity (Wildman–Crippen MR) is 124 cm³/mol. The summed E-state index contributed by atoms with van der Waals surface area (Å²) in [6.07, 6.45) is 4.56. The van der Waals surface area contributed by atoms with Gasteiger partial charge >= 0.3 is 5.97 Å². The maximum atomic E-state index is 13.3.